The van der Waals surface area contributed by atoms with Gasteiger partial charge in [0, 0.05) is 29.6 Å². The van der Waals surface area contributed by atoms with Crippen LogP contribution in [0.15, 0.2) is 78.9 Å². The van der Waals surface area contributed by atoms with Crippen LogP contribution in [0.2, 0.25) is 10.0 Å². The van der Waals surface area contributed by atoms with Crippen LogP contribution < -0.4 is 5.32 Å². The van der Waals surface area contributed by atoms with Crippen molar-refractivity contribution in [3.8, 4) is 0 Å². The fraction of sp³-hybridized carbons (Fsp3) is 0.259. The Hall–Kier alpha value is -2.82. The second-order valence-electron chi connectivity index (χ2n) is 7.88. The van der Waals surface area contributed by atoms with Crippen molar-refractivity contribution < 1.29 is 9.59 Å². The molecule has 3 aromatic rings. The Labute approximate surface area is 205 Å². The van der Waals surface area contributed by atoms with Gasteiger partial charge in [0.2, 0.25) is 11.8 Å². The number of nitrogens with one attached hydrogen (secondary N) is 1. The molecule has 3 rings (SSSR count). The van der Waals surface area contributed by atoms with E-state index in [-0.39, 0.29) is 24.8 Å². The molecular formula is C27H28Cl2N2O2. The zero-order valence-electron chi connectivity index (χ0n) is 18.6. The first-order chi connectivity index (χ1) is 16.0. The molecule has 0 saturated heterocycles. The molecule has 4 nitrogen and oxygen atoms in total. The van der Waals surface area contributed by atoms with Gasteiger partial charge in [-0.15, -0.1) is 0 Å². The molecule has 0 aromatic heterocycles. The summed E-state index contributed by atoms with van der Waals surface area (Å²) in [7, 11) is 0. The predicted octanol–water partition coefficient (Wildman–Crippen LogP) is 5.70. The van der Waals surface area contributed by atoms with Gasteiger partial charge in [0.25, 0.3) is 0 Å². The molecule has 6 heteroatoms. The van der Waals surface area contributed by atoms with E-state index in [4.69, 9.17) is 23.2 Å². The molecule has 172 valence electrons. The van der Waals surface area contributed by atoms with E-state index in [1.807, 2.05) is 73.7 Å². The van der Waals surface area contributed by atoms with Crippen molar-refractivity contribution in [2.45, 2.75) is 38.8 Å². The molecular weight excluding hydrogens is 455 g/mol. The van der Waals surface area contributed by atoms with Crippen LogP contribution in [0.25, 0.3) is 0 Å². The largest absolute Gasteiger partial charge is 0.354 e. The highest BCUT2D eigenvalue weighted by atomic mass is 35.5. The minimum Gasteiger partial charge on any atom is -0.354 e. The van der Waals surface area contributed by atoms with E-state index in [1.165, 1.54) is 0 Å². The van der Waals surface area contributed by atoms with Gasteiger partial charge < -0.3 is 10.2 Å². The lowest BCUT2D eigenvalue weighted by atomic mass is 10.0. The van der Waals surface area contributed by atoms with Crippen LogP contribution in [0.5, 0.6) is 0 Å². The Kier molecular flexibility index (Phi) is 9.35. The summed E-state index contributed by atoms with van der Waals surface area (Å²) in [6.07, 6.45) is 1.30. The van der Waals surface area contributed by atoms with Crippen molar-refractivity contribution in [3.63, 3.8) is 0 Å². The van der Waals surface area contributed by atoms with Gasteiger partial charge in [-0.2, -0.15) is 0 Å². The van der Waals surface area contributed by atoms with Gasteiger partial charge in [0.15, 0.2) is 0 Å². The van der Waals surface area contributed by atoms with Crippen LogP contribution >= 0.6 is 23.2 Å². The Bertz CT molecular complexity index is 1070. The first-order valence-electron chi connectivity index (χ1n) is 11.1. The summed E-state index contributed by atoms with van der Waals surface area (Å²) in [5.74, 6) is -0.365. The lowest BCUT2D eigenvalue weighted by Gasteiger charge is -2.32. The van der Waals surface area contributed by atoms with Crippen molar-refractivity contribution >= 4 is 35.0 Å². The summed E-state index contributed by atoms with van der Waals surface area (Å²) in [5.41, 5.74) is 2.48. The number of nitrogens with zero attached hydrogens (tertiary/aromatic N) is 1. The molecule has 33 heavy (non-hydrogen) atoms. The van der Waals surface area contributed by atoms with E-state index >= 15 is 0 Å². The zero-order valence-corrected chi connectivity index (χ0v) is 20.1. The molecule has 0 aliphatic rings. The fourth-order valence-corrected chi connectivity index (χ4v) is 4.03. The third-order valence-electron chi connectivity index (χ3n) is 5.42. The summed E-state index contributed by atoms with van der Waals surface area (Å²) in [6, 6.07) is 23.7. The van der Waals surface area contributed by atoms with Gasteiger partial charge in [-0.25, -0.2) is 0 Å². The standard InChI is InChI=1S/C27H28Cl2N2O2/c1-2-16-30-27(33)25(17-20-10-4-3-5-11-20)31(19-22-13-7-9-15-24(22)29)26(32)18-21-12-6-8-14-23(21)28/h3-15,25H,2,16-19H2,1H3,(H,30,33)/t25-/m0/s1. The maximum atomic E-state index is 13.6. The highest BCUT2D eigenvalue weighted by Crippen LogP contribution is 2.23. The number of carbonyl (C=O) groups excluding carboxylic acids is 2. The highest BCUT2D eigenvalue weighted by Gasteiger charge is 2.30. The molecule has 0 saturated carbocycles. The average molecular weight is 483 g/mol. The maximum absolute atomic E-state index is 13.6. The zero-order chi connectivity index (χ0) is 23.6. The lowest BCUT2D eigenvalue weighted by Crippen LogP contribution is -2.51. The number of carbonyl (C=O) groups is 2. The Morgan fingerprint density at radius 1 is 0.848 bits per heavy atom. The Morgan fingerprint density at radius 2 is 1.42 bits per heavy atom. The number of hydrogen-bond acceptors (Lipinski definition) is 2. The number of benzene rings is 3. The van der Waals surface area contributed by atoms with Crippen LogP contribution in [0.3, 0.4) is 0 Å². The second-order valence-corrected chi connectivity index (χ2v) is 8.69. The minimum absolute atomic E-state index is 0.0937. The molecule has 0 aliphatic heterocycles. The fourth-order valence-electron chi connectivity index (χ4n) is 3.64. The third-order valence-corrected chi connectivity index (χ3v) is 6.16. The van der Waals surface area contributed by atoms with E-state index in [1.54, 1.807) is 17.0 Å². The van der Waals surface area contributed by atoms with Crippen LogP contribution in [-0.2, 0) is 29.0 Å². The predicted molar refractivity (Wildman–Crippen MR) is 134 cm³/mol. The van der Waals surface area contributed by atoms with Gasteiger partial charge in [-0.1, -0.05) is 96.9 Å². The second kappa shape index (κ2) is 12.4. The van der Waals surface area contributed by atoms with Gasteiger partial charge in [0.05, 0.1) is 6.42 Å². The first kappa shape index (κ1) is 24.8. The highest BCUT2D eigenvalue weighted by molar-refractivity contribution is 6.31. The molecule has 0 spiro atoms. The third kappa shape index (κ3) is 7.08. The van der Waals surface area contributed by atoms with Gasteiger partial charge in [-0.3, -0.25) is 9.59 Å². The van der Waals surface area contributed by atoms with E-state index in [9.17, 15) is 9.59 Å². The minimum atomic E-state index is -0.690. The molecule has 0 unspecified atom stereocenters. The summed E-state index contributed by atoms with van der Waals surface area (Å²) < 4.78 is 0. The molecule has 1 N–H and O–H groups in total. The number of rotatable bonds is 10. The summed E-state index contributed by atoms with van der Waals surface area (Å²) in [5, 5.41) is 4.05. The van der Waals surface area contributed by atoms with Crippen LogP contribution in [0.1, 0.15) is 30.0 Å². The summed E-state index contributed by atoms with van der Waals surface area (Å²) in [6.45, 7) is 2.76. The topological polar surface area (TPSA) is 49.4 Å². The molecule has 3 aromatic carbocycles. The SMILES string of the molecule is CCCNC(=O)[C@H](Cc1ccccc1)N(Cc1ccccc1Cl)C(=O)Cc1ccccc1Cl. The quantitative estimate of drug-likeness (QED) is 0.402. The molecule has 1 atom stereocenters. The van der Waals surface area contributed by atoms with Gasteiger partial charge >= 0.3 is 0 Å². The lowest BCUT2D eigenvalue weighted by molar-refractivity contribution is -0.140. The molecule has 0 radical (unpaired) electrons. The van der Waals surface area contributed by atoms with E-state index in [0.717, 1.165) is 23.1 Å². The molecule has 0 aliphatic carbocycles. The maximum Gasteiger partial charge on any atom is 0.243 e. The molecule has 2 amide bonds. The van der Waals surface area contributed by atoms with E-state index in [2.05, 4.69) is 5.32 Å². The van der Waals surface area contributed by atoms with Crippen molar-refractivity contribution in [2.75, 3.05) is 6.54 Å². The Balaban J connectivity index is 1.97. The van der Waals surface area contributed by atoms with Crippen LogP contribution in [0, 0.1) is 0 Å². The number of halogens is 2. The summed E-state index contributed by atoms with van der Waals surface area (Å²) in [4.78, 5) is 28.5. The molecule has 0 fully saturated rings. The van der Waals surface area contributed by atoms with Gasteiger partial charge in [-0.05, 0) is 35.2 Å². The van der Waals surface area contributed by atoms with Crippen molar-refractivity contribution in [3.05, 3.63) is 106 Å². The van der Waals surface area contributed by atoms with Crippen molar-refractivity contribution in [1.29, 1.82) is 0 Å². The molecule has 0 bridgehead atoms. The van der Waals surface area contributed by atoms with Crippen molar-refractivity contribution in [2.24, 2.45) is 0 Å². The van der Waals surface area contributed by atoms with Crippen molar-refractivity contribution in [1.82, 2.24) is 10.2 Å². The molecule has 0 heterocycles. The van der Waals surface area contributed by atoms with Crippen LogP contribution in [0.4, 0.5) is 0 Å². The smallest absolute Gasteiger partial charge is 0.243 e. The normalized spacial score (nSPS) is 11.6. The van der Waals surface area contributed by atoms with Crippen LogP contribution in [-0.4, -0.2) is 29.3 Å². The monoisotopic (exact) mass is 482 g/mol. The first-order valence-corrected chi connectivity index (χ1v) is 11.8. The average Bonchev–Trinajstić information content (AvgIpc) is 2.83. The number of hydrogen-bond donors (Lipinski definition) is 1. The Morgan fingerprint density at radius 3 is 2.03 bits per heavy atom. The van der Waals surface area contributed by atoms with E-state index < -0.39 is 6.04 Å². The van der Waals surface area contributed by atoms with Gasteiger partial charge in [0.1, 0.15) is 6.04 Å². The van der Waals surface area contributed by atoms with E-state index in [0.29, 0.717) is 23.0 Å². The number of amides is 2. The summed E-state index contributed by atoms with van der Waals surface area (Å²) >= 11 is 12.8.